The summed E-state index contributed by atoms with van der Waals surface area (Å²) in [6.45, 7) is 4.50. The van der Waals surface area contributed by atoms with Crippen LogP contribution in [0.3, 0.4) is 0 Å². The molecule has 4 heterocycles. The number of nitrogens with zero attached hydrogens (tertiary/aromatic N) is 5. The summed E-state index contributed by atoms with van der Waals surface area (Å²) < 4.78 is 7.95. The lowest BCUT2D eigenvalue weighted by molar-refractivity contribution is 0.0303. The Balaban J connectivity index is 1.29. The van der Waals surface area contributed by atoms with Gasteiger partial charge in [-0.2, -0.15) is 5.10 Å². The molecule has 2 unspecified atom stereocenters. The van der Waals surface area contributed by atoms with E-state index in [0.717, 1.165) is 73.4 Å². The quantitative estimate of drug-likeness (QED) is 0.621. The summed E-state index contributed by atoms with van der Waals surface area (Å²) >= 11 is 0. The minimum absolute atomic E-state index is 0.152. The van der Waals surface area contributed by atoms with Gasteiger partial charge in [-0.3, -0.25) is 0 Å². The van der Waals surface area contributed by atoms with Crippen LogP contribution in [0.1, 0.15) is 39.0 Å². The van der Waals surface area contributed by atoms with Gasteiger partial charge in [0.15, 0.2) is 11.5 Å². The molecular weight excluding hydrogens is 418 g/mol. The molecular formula is C24H29N7O2. The third kappa shape index (κ3) is 3.90. The molecule has 9 heteroatoms. The Morgan fingerprint density at radius 2 is 1.85 bits per heavy atom. The van der Waals surface area contributed by atoms with E-state index in [4.69, 9.17) is 14.7 Å². The van der Waals surface area contributed by atoms with E-state index >= 15 is 0 Å². The minimum Gasteiger partial charge on any atom is -0.371 e. The number of hydrogen-bond donors (Lipinski definition) is 2. The summed E-state index contributed by atoms with van der Waals surface area (Å²) in [5.74, 6) is 1.59. The second-order valence-corrected chi connectivity index (χ2v) is 9.23. The molecule has 0 spiro atoms. The lowest BCUT2D eigenvalue weighted by Crippen LogP contribution is -2.43. The molecule has 9 nitrogen and oxygen atoms in total. The summed E-state index contributed by atoms with van der Waals surface area (Å²) in [7, 11) is 0. The van der Waals surface area contributed by atoms with E-state index in [1.54, 1.807) is 0 Å². The van der Waals surface area contributed by atoms with Crippen molar-refractivity contribution >= 4 is 28.6 Å². The lowest BCUT2D eigenvalue weighted by Gasteiger charge is -2.33. The average molecular weight is 448 g/mol. The van der Waals surface area contributed by atoms with Crippen molar-refractivity contribution in [2.24, 2.45) is 0 Å². The normalized spacial score (nSPS) is 22.4. The fourth-order valence-electron chi connectivity index (χ4n) is 4.94. The Bertz CT molecular complexity index is 1160. The first-order chi connectivity index (χ1) is 16.2. The summed E-state index contributed by atoms with van der Waals surface area (Å²) in [6, 6.07) is 7.87. The van der Waals surface area contributed by atoms with Gasteiger partial charge >= 0.3 is 6.03 Å². The number of carbonyl (C=O) groups is 1. The zero-order valence-electron chi connectivity index (χ0n) is 18.8. The van der Waals surface area contributed by atoms with E-state index in [1.165, 1.54) is 6.42 Å². The number of ether oxygens (including phenoxy) is 1. The highest BCUT2D eigenvalue weighted by atomic mass is 16.5. The molecule has 2 N–H and O–H groups in total. The minimum atomic E-state index is -0.152. The Kier molecular flexibility index (Phi) is 5.13. The highest BCUT2D eigenvalue weighted by Crippen LogP contribution is 2.33. The predicted molar refractivity (Wildman–Crippen MR) is 126 cm³/mol. The van der Waals surface area contributed by atoms with Crippen LogP contribution >= 0.6 is 0 Å². The molecule has 33 heavy (non-hydrogen) atoms. The van der Waals surface area contributed by atoms with E-state index in [0.29, 0.717) is 11.9 Å². The van der Waals surface area contributed by atoms with Crippen LogP contribution in [0.25, 0.3) is 22.4 Å². The molecule has 0 radical (unpaired) electrons. The molecule has 3 aliphatic rings. The van der Waals surface area contributed by atoms with Crippen molar-refractivity contribution in [3.63, 3.8) is 0 Å². The maximum atomic E-state index is 12.2. The van der Waals surface area contributed by atoms with Crippen LogP contribution < -0.4 is 15.5 Å². The number of rotatable bonds is 5. The van der Waals surface area contributed by atoms with Gasteiger partial charge in [0.1, 0.15) is 5.82 Å². The number of aromatic nitrogens is 4. The van der Waals surface area contributed by atoms with Gasteiger partial charge in [-0.05, 0) is 63.3 Å². The van der Waals surface area contributed by atoms with E-state index < -0.39 is 0 Å². The monoisotopic (exact) mass is 447 g/mol. The molecule has 3 aromatic rings. The number of nitrogens with one attached hydrogen (secondary N) is 2. The van der Waals surface area contributed by atoms with Crippen LogP contribution in [0.2, 0.25) is 0 Å². The van der Waals surface area contributed by atoms with Gasteiger partial charge in [0.25, 0.3) is 0 Å². The van der Waals surface area contributed by atoms with E-state index in [9.17, 15) is 4.79 Å². The molecule has 2 amide bonds. The van der Waals surface area contributed by atoms with Crippen LogP contribution in [0.5, 0.6) is 0 Å². The number of amides is 2. The van der Waals surface area contributed by atoms with Crippen molar-refractivity contribution in [2.75, 3.05) is 23.3 Å². The number of benzene rings is 1. The molecule has 2 atom stereocenters. The maximum Gasteiger partial charge on any atom is 0.319 e. The van der Waals surface area contributed by atoms with Crippen LogP contribution in [-0.4, -0.2) is 57.1 Å². The fourth-order valence-corrected chi connectivity index (χ4v) is 4.94. The smallest absolute Gasteiger partial charge is 0.319 e. The second kappa shape index (κ2) is 8.30. The number of carbonyl (C=O) groups excluding carboxylic acids is 1. The summed E-state index contributed by atoms with van der Waals surface area (Å²) in [6.07, 6.45) is 7.96. The zero-order chi connectivity index (χ0) is 22.4. The van der Waals surface area contributed by atoms with Gasteiger partial charge in [0, 0.05) is 36.9 Å². The van der Waals surface area contributed by atoms with E-state index in [1.807, 2.05) is 35.1 Å². The summed E-state index contributed by atoms with van der Waals surface area (Å²) in [4.78, 5) is 24.4. The second-order valence-electron chi connectivity index (χ2n) is 9.23. The highest BCUT2D eigenvalue weighted by molar-refractivity contribution is 5.90. The average Bonchev–Trinajstić information content (AvgIpc) is 3.38. The lowest BCUT2D eigenvalue weighted by atomic mass is 9.93. The van der Waals surface area contributed by atoms with E-state index in [2.05, 4.69) is 27.6 Å². The Morgan fingerprint density at radius 3 is 2.52 bits per heavy atom. The topological polar surface area (TPSA) is 97.2 Å². The summed E-state index contributed by atoms with van der Waals surface area (Å²) in [5, 5.41) is 11.4. The molecule has 1 saturated carbocycles. The van der Waals surface area contributed by atoms with E-state index in [-0.39, 0.29) is 18.2 Å². The maximum absolute atomic E-state index is 12.2. The Morgan fingerprint density at radius 1 is 1.09 bits per heavy atom. The standard InChI is InChI=1S/C24H29N7O2/c1-2-31-23-20(12-25-31)22(30-13-18-10-11-19(14-30)33-18)28-21(29-23)15-6-8-17(9-7-15)27-24(32)26-16-4-3-5-16/h6-9,12,16,18-19H,2-5,10-11,13-14H2,1H3,(H2,26,27,32). The van der Waals surface area contributed by atoms with Gasteiger partial charge in [0.05, 0.1) is 23.8 Å². The fraction of sp³-hybridized carbons (Fsp3) is 0.500. The van der Waals surface area contributed by atoms with Gasteiger partial charge in [-0.25, -0.2) is 19.4 Å². The molecule has 2 saturated heterocycles. The molecule has 2 aromatic heterocycles. The van der Waals surface area contributed by atoms with Crippen LogP contribution in [0.15, 0.2) is 30.5 Å². The molecule has 1 aliphatic carbocycles. The van der Waals surface area contributed by atoms with Crippen LogP contribution in [0.4, 0.5) is 16.3 Å². The number of morpholine rings is 1. The third-order valence-corrected chi connectivity index (χ3v) is 6.96. The third-order valence-electron chi connectivity index (χ3n) is 6.96. The Labute approximate surface area is 192 Å². The van der Waals surface area contributed by atoms with Crippen molar-refractivity contribution < 1.29 is 9.53 Å². The molecule has 2 bridgehead atoms. The molecule has 6 rings (SSSR count). The van der Waals surface area contributed by atoms with Gasteiger partial charge < -0.3 is 20.3 Å². The van der Waals surface area contributed by atoms with Crippen molar-refractivity contribution in [2.45, 2.75) is 63.8 Å². The summed E-state index contributed by atoms with van der Waals surface area (Å²) in [5.41, 5.74) is 2.50. The largest absolute Gasteiger partial charge is 0.371 e. The van der Waals surface area contributed by atoms with Gasteiger partial charge in [0.2, 0.25) is 0 Å². The molecule has 2 aliphatic heterocycles. The van der Waals surface area contributed by atoms with Crippen molar-refractivity contribution in [3.05, 3.63) is 30.5 Å². The van der Waals surface area contributed by atoms with Gasteiger partial charge in [-0.15, -0.1) is 0 Å². The number of aryl methyl sites for hydroxylation is 1. The first-order valence-electron chi connectivity index (χ1n) is 12.0. The van der Waals surface area contributed by atoms with Crippen LogP contribution in [0, 0.1) is 0 Å². The number of urea groups is 1. The van der Waals surface area contributed by atoms with Crippen molar-refractivity contribution in [3.8, 4) is 11.4 Å². The first kappa shape index (κ1) is 20.4. The van der Waals surface area contributed by atoms with Crippen LogP contribution in [-0.2, 0) is 11.3 Å². The first-order valence-corrected chi connectivity index (χ1v) is 12.0. The molecule has 1 aromatic carbocycles. The number of anilines is 2. The van der Waals surface area contributed by atoms with Crippen molar-refractivity contribution in [1.82, 2.24) is 25.1 Å². The number of hydrogen-bond acceptors (Lipinski definition) is 6. The Hall–Kier alpha value is -3.20. The van der Waals surface area contributed by atoms with Gasteiger partial charge in [-0.1, -0.05) is 0 Å². The molecule has 172 valence electrons. The predicted octanol–water partition coefficient (Wildman–Crippen LogP) is 3.55. The zero-order valence-corrected chi connectivity index (χ0v) is 18.8. The SMILES string of the molecule is CCn1ncc2c(N3CC4CCC(C3)O4)nc(-c3ccc(NC(=O)NC4CCC4)cc3)nc21. The highest BCUT2D eigenvalue weighted by Gasteiger charge is 2.35. The van der Waals surface area contributed by atoms with Crippen molar-refractivity contribution in [1.29, 1.82) is 0 Å². The number of fused-ring (bicyclic) bond motifs is 3. The molecule has 3 fully saturated rings.